The van der Waals surface area contributed by atoms with Crippen LogP contribution in [0.15, 0.2) is 11.1 Å². The quantitative estimate of drug-likeness (QED) is 0.681. The van der Waals surface area contributed by atoms with Crippen molar-refractivity contribution >= 4 is 17.4 Å². The van der Waals surface area contributed by atoms with Crippen LogP contribution in [0.5, 0.6) is 0 Å². The van der Waals surface area contributed by atoms with Gasteiger partial charge in [0.1, 0.15) is 5.78 Å². The second kappa shape index (κ2) is 4.48. The number of carbonyl (C=O) groups is 1. The molecule has 0 bridgehead atoms. The van der Waals surface area contributed by atoms with Crippen LogP contribution >= 0.6 is 11.6 Å². The number of allylic oxidation sites excluding steroid dienone is 2. The Morgan fingerprint density at radius 3 is 2.93 bits per heavy atom. The van der Waals surface area contributed by atoms with Crippen LogP contribution in [-0.4, -0.2) is 5.78 Å². The van der Waals surface area contributed by atoms with Crippen molar-refractivity contribution < 1.29 is 4.79 Å². The van der Waals surface area contributed by atoms with Gasteiger partial charge in [-0.1, -0.05) is 37.9 Å². The lowest BCUT2D eigenvalue weighted by atomic mass is 9.68. The monoisotopic (exact) mass is 214 g/mol. The van der Waals surface area contributed by atoms with Crippen LogP contribution in [-0.2, 0) is 4.79 Å². The van der Waals surface area contributed by atoms with Gasteiger partial charge in [0.2, 0.25) is 0 Å². The molecule has 80 valence electrons. The first kappa shape index (κ1) is 11.8. The van der Waals surface area contributed by atoms with Gasteiger partial charge in [0.25, 0.3) is 0 Å². The van der Waals surface area contributed by atoms with E-state index in [4.69, 9.17) is 11.6 Å². The first-order valence-corrected chi connectivity index (χ1v) is 5.70. The largest absolute Gasteiger partial charge is 0.299 e. The highest BCUT2D eigenvalue weighted by Gasteiger charge is 2.37. The van der Waals surface area contributed by atoms with Gasteiger partial charge in [-0.05, 0) is 26.2 Å². The molecule has 0 radical (unpaired) electrons. The smallest absolute Gasteiger partial charge is 0.141 e. The van der Waals surface area contributed by atoms with Crippen LogP contribution in [0, 0.1) is 11.3 Å². The van der Waals surface area contributed by atoms with E-state index in [1.807, 2.05) is 19.9 Å². The van der Waals surface area contributed by atoms with Crippen molar-refractivity contribution in [3.63, 3.8) is 0 Å². The average Bonchev–Trinajstić information content (AvgIpc) is 2.11. The molecule has 2 heteroatoms. The number of ketones is 1. The fourth-order valence-electron chi connectivity index (χ4n) is 2.22. The first-order chi connectivity index (χ1) is 6.46. The summed E-state index contributed by atoms with van der Waals surface area (Å²) in [5.41, 5.74) is -0.159. The van der Waals surface area contributed by atoms with Gasteiger partial charge >= 0.3 is 0 Å². The zero-order valence-corrected chi connectivity index (χ0v) is 10.0. The van der Waals surface area contributed by atoms with Crippen molar-refractivity contribution in [2.75, 3.05) is 0 Å². The van der Waals surface area contributed by atoms with Crippen LogP contribution in [0.3, 0.4) is 0 Å². The summed E-state index contributed by atoms with van der Waals surface area (Å²) in [6, 6.07) is 0. The number of rotatable bonds is 2. The van der Waals surface area contributed by atoms with E-state index >= 15 is 0 Å². The molecule has 0 aromatic heterocycles. The minimum absolute atomic E-state index is 0.159. The third kappa shape index (κ3) is 2.60. The fourth-order valence-corrected chi connectivity index (χ4v) is 2.29. The molecule has 0 amide bonds. The SMILES string of the molecule is C/C(Cl)=C/CC1(C)CCCC(C)C1=O. The Bertz CT molecular complexity index is 253. The van der Waals surface area contributed by atoms with Crippen molar-refractivity contribution in [3.05, 3.63) is 11.1 Å². The Labute approximate surface area is 91.5 Å². The van der Waals surface area contributed by atoms with Crippen molar-refractivity contribution in [2.24, 2.45) is 11.3 Å². The van der Waals surface area contributed by atoms with Crippen LogP contribution in [0.25, 0.3) is 0 Å². The molecule has 14 heavy (non-hydrogen) atoms. The third-order valence-corrected chi connectivity index (χ3v) is 3.40. The molecule has 0 aromatic carbocycles. The summed E-state index contributed by atoms with van der Waals surface area (Å²) in [6.07, 6.45) is 6.00. The normalized spacial score (nSPS) is 34.7. The Hall–Kier alpha value is -0.300. The first-order valence-electron chi connectivity index (χ1n) is 5.32. The van der Waals surface area contributed by atoms with Crippen LogP contribution in [0.2, 0.25) is 0 Å². The maximum absolute atomic E-state index is 12.0. The Morgan fingerprint density at radius 1 is 1.71 bits per heavy atom. The number of hydrogen-bond acceptors (Lipinski definition) is 1. The van der Waals surface area contributed by atoms with E-state index in [1.54, 1.807) is 0 Å². The van der Waals surface area contributed by atoms with Crippen molar-refractivity contribution in [1.29, 1.82) is 0 Å². The van der Waals surface area contributed by atoms with Gasteiger partial charge in [0.05, 0.1) is 0 Å². The van der Waals surface area contributed by atoms with E-state index in [9.17, 15) is 4.79 Å². The molecule has 0 aliphatic heterocycles. The molecule has 0 saturated heterocycles. The van der Waals surface area contributed by atoms with E-state index in [2.05, 4.69) is 6.92 Å². The molecule has 0 heterocycles. The second-order valence-electron chi connectivity index (χ2n) is 4.71. The highest BCUT2D eigenvalue weighted by atomic mass is 35.5. The molecule has 0 spiro atoms. The lowest BCUT2D eigenvalue weighted by Gasteiger charge is -2.34. The molecule has 1 fully saturated rings. The summed E-state index contributed by atoms with van der Waals surface area (Å²) in [5, 5.41) is 0.789. The molecule has 2 unspecified atom stereocenters. The lowest BCUT2D eigenvalue weighted by molar-refractivity contribution is -0.134. The van der Waals surface area contributed by atoms with Gasteiger partial charge < -0.3 is 0 Å². The summed E-state index contributed by atoms with van der Waals surface area (Å²) in [6.45, 7) is 5.97. The fraction of sp³-hybridized carbons (Fsp3) is 0.750. The molecule has 1 aliphatic rings. The van der Waals surface area contributed by atoms with Crippen LogP contribution in [0.1, 0.15) is 46.5 Å². The third-order valence-electron chi connectivity index (χ3n) is 3.24. The van der Waals surface area contributed by atoms with Gasteiger partial charge in [-0.25, -0.2) is 0 Å². The van der Waals surface area contributed by atoms with Gasteiger partial charge in [0.15, 0.2) is 0 Å². The number of Topliss-reactive ketones (excluding diaryl/α,β-unsaturated/α-hetero) is 1. The summed E-state index contributed by atoms with van der Waals surface area (Å²) in [5.74, 6) is 0.649. The van der Waals surface area contributed by atoms with Gasteiger partial charge in [-0.3, -0.25) is 4.79 Å². The zero-order chi connectivity index (χ0) is 10.8. The van der Waals surface area contributed by atoms with E-state index in [0.29, 0.717) is 5.78 Å². The molecular weight excluding hydrogens is 196 g/mol. The van der Waals surface area contributed by atoms with Crippen LogP contribution in [0.4, 0.5) is 0 Å². The van der Waals surface area contributed by atoms with E-state index in [0.717, 1.165) is 24.3 Å². The van der Waals surface area contributed by atoms with E-state index in [1.165, 1.54) is 6.42 Å². The molecule has 1 rings (SSSR count). The number of halogens is 1. The highest BCUT2D eigenvalue weighted by molar-refractivity contribution is 6.29. The summed E-state index contributed by atoms with van der Waals surface area (Å²) in [4.78, 5) is 12.0. The molecule has 1 saturated carbocycles. The molecule has 2 atom stereocenters. The molecule has 0 N–H and O–H groups in total. The van der Waals surface area contributed by atoms with Gasteiger partial charge in [0, 0.05) is 16.4 Å². The number of hydrogen-bond donors (Lipinski definition) is 0. The Morgan fingerprint density at radius 2 is 2.36 bits per heavy atom. The highest BCUT2D eigenvalue weighted by Crippen LogP contribution is 2.39. The maximum Gasteiger partial charge on any atom is 0.141 e. The van der Waals surface area contributed by atoms with Crippen LogP contribution < -0.4 is 0 Å². The summed E-state index contributed by atoms with van der Waals surface area (Å²) < 4.78 is 0. The minimum Gasteiger partial charge on any atom is -0.299 e. The molecule has 0 aromatic rings. The molecular formula is C12H19ClO. The predicted molar refractivity (Wildman–Crippen MR) is 60.4 cm³/mol. The Kier molecular flexibility index (Phi) is 3.77. The zero-order valence-electron chi connectivity index (χ0n) is 9.27. The average molecular weight is 215 g/mol. The van der Waals surface area contributed by atoms with E-state index in [-0.39, 0.29) is 11.3 Å². The molecule has 1 aliphatic carbocycles. The lowest BCUT2D eigenvalue weighted by Crippen LogP contribution is -2.36. The number of carbonyl (C=O) groups excluding carboxylic acids is 1. The van der Waals surface area contributed by atoms with Crippen molar-refractivity contribution in [3.8, 4) is 0 Å². The summed E-state index contributed by atoms with van der Waals surface area (Å²) in [7, 11) is 0. The standard InChI is InChI=1S/C12H19ClO/c1-9-5-4-7-12(3,11(9)14)8-6-10(2)13/h6,9H,4-5,7-8H2,1-3H3/b10-6-. The van der Waals surface area contributed by atoms with E-state index < -0.39 is 0 Å². The van der Waals surface area contributed by atoms with Crippen molar-refractivity contribution in [1.82, 2.24) is 0 Å². The van der Waals surface area contributed by atoms with Gasteiger partial charge in [-0.2, -0.15) is 0 Å². The topological polar surface area (TPSA) is 17.1 Å². The second-order valence-corrected chi connectivity index (χ2v) is 5.31. The predicted octanol–water partition coefficient (Wildman–Crippen LogP) is 3.91. The van der Waals surface area contributed by atoms with Crippen molar-refractivity contribution in [2.45, 2.75) is 46.5 Å². The minimum atomic E-state index is -0.159. The Balaban J connectivity index is 2.71. The summed E-state index contributed by atoms with van der Waals surface area (Å²) >= 11 is 5.79. The maximum atomic E-state index is 12.0. The molecule has 1 nitrogen and oxygen atoms in total. The van der Waals surface area contributed by atoms with Gasteiger partial charge in [-0.15, -0.1) is 0 Å².